The third-order valence-corrected chi connectivity index (χ3v) is 5.88. The maximum atomic E-state index is 5.13. The molecule has 0 amide bonds. The van der Waals surface area contributed by atoms with Gasteiger partial charge in [-0.05, 0) is 12.1 Å². The van der Waals surface area contributed by atoms with Crippen molar-refractivity contribution >= 4 is 0 Å². The molecule has 6 aromatic heterocycles. The van der Waals surface area contributed by atoms with Gasteiger partial charge in [0.1, 0.15) is 11.5 Å². The quantitative estimate of drug-likeness (QED) is 0.239. The summed E-state index contributed by atoms with van der Waals surface area (Å²) in [6.07, 6.45) is 18.1. The minimum Gasteiger partial charge on any atom is -0.497 e. The summed E-state index contributed by atoms with van der Waals surface area (Å²) < 4.78 is 18.1. The molecule has 13 heteroatoms. The van der Waals surface area contributed by atoms with Crippen LogP contribution in [0.3, 0.4) is 0 Å². The Morgan fingerprint density at radius 1 is 0.465 bits per heavy atom. The molecule has 0 unspecified atom stereocenters. The molecule has 230 valence electrons. The molecule has 0 spiro atoms. The first kappa shape index (κ1) is 36.4. The normalized spacial score (nSPS) is 9.53. The van der Waals surface area contributed by atoms with Gasteiger partial charge in [-0.1, -0.05) is 14.9 Å². The van der Waals surface area contributed by atoms with Gasteiger partial charge in [0.2, 0.25) is 0 Å². The molecule has 6 heterocycles. The molecule has 43 heavy (non-hydrogen) atoms. The molecule has 6 aromatic rings. The van der Waals surface area contributed by atoms with Gasteiger partial charge in [0.25, 0.3) is 0 Å². The average molecular weight is 763 g/mol. The second-order valence-electron chi connectivity index (χ2n) is 8.61. The Bertz CT molecular complexity index is 1460. The zero-order chi connectivity index (χ0) is 28.5. The number of rotatable bonds is 5. The Morgan fingerprint density at radius 3 is 0.953 bits per heavy atom. The van der Waals surface area contributed by atoms with Crippen LogP contribution in [-0.4, -0.2) is 62.4 Å². The van der Waals surface area contributed by atoms with Crippen molar-refractivity contribution in [3.05, 3.63) is 86.2 Å². The number of ether oxygens (including phenoxy) is 2. The fourth-order valence-corrected chi connectivity index (χ4v) is 3.68. The summed E-state index contributed by atoms with van der Waals surface area (Å²) in [7, 11) is 11.1. The van der Waals surface area contributed by atoms with Crippen molar-refractivity contribution in [2.75, 3.05) is 14.2 Å². The maximum absolute atomic E-state index is 5.13. The number of aromatic nitrogens is 10. The first-order chi connectivity index (χ1) is 19.4. The van der Waals surface area contributed by atoms with E-state index in [9.17, 15) is 0 Å². The number of imidazole rings is 4. The SMILES string of the molecule is C.C.COc1ccnc(-c2cc(OC)ccn2)c1.Cn1ccnc1-c1nccn1C.Cn1ccnc1-c1nccn1C.[Os]. The van der Waals surface area contributed by atoms with Gasteiger partial charge in [-0.15, -0.1) is 0 Å². The van der Waals surface area contributed by atoms with E-state index in [0.717, 1.165) is 46.2 Å². The number of hydrogen-bond acceptors (Lipinski definition) is 8. The summed E-state index contributed by atoms with van der Waals surface area (Å²) in [5.41, 5.74) is 1.52. The van der Waals surface area contributed by atoms with Crippen LogP contribution < -0.4 is 9.47 Å². The van der Waals surface area contributed by atoms with E-state index in [-0.39, 0.29) is 34.6 Å². The van der Waals surface area contributed by atoms with Crippen LogP contribution >= 0.6 is 0 Å². The summed E-state index contributed by atoms with van der Waals surface area (Å²) in [5.74, 6) is 5.08. The number of aryl methyl sites for hydroxylation is 4. The maximum Gasteiger partial charge on any atom is 0.176 e. The molecule has 0 bridgehead atoms. The number of methoxy groups -OCH3 is 2. The molecule has 0 aliphatic heterocycles. The summed E-state index contributed by atoms with van der Waals surface area (Å²) in [6.45, 7) is 0. The van der Waals surface area contributed by atoms with Crippen LogP contribution in [-0.2, 0) is 48.0 Å². The summed E-state index contributed by atoms with van der Waals surface area (Å²) in [4.78, 5) is 25.3. The van der Waals surface area contributed by atoms with Crippen molar-refractivity contribution in [3.63, 3.8) is 0 Å². The Labute approximate surface area is 266 Å². The zero-order valence-corrected chi connectivity index (χ0v) is 26.3. The first-order valence-corrected chi connectivity index (χ1v) is 12.3. The number of hydrogen-bond donors (Lipinski definition) is 0. The minimum atomic E-state index is 0. The molecule has 0 saturated heterocycles. The van der Waals surface area contributed by atoms with Crippen molar-refractivity contribution in [2.24, 2.45) is 28.2 Å². The second-order valence-corrected chi connectivity index (χ2v) is 8.61. The Hall–Kier alpha value is -4.62. The van der Waals surface area contributed by atoms with Gasteiger partial charge in [0.15, 0.2) is 23.3 Å². The van der Waals surface area contributed by atoms with E-state index in [0.29, 0.717) is 0 Å². The molecule has 6 rings (SSSR count). The Kier molecular flexibility index (Phi) is 14.7. The molecule has 0 aliphatic carbocycles. The molecule has 0 aromatic carbocycles. The van der Waals surface area contributed by atoms with Crippen molar-refractivity contribution in [3.8, 4) is 46.2 Å². The van der Waals surface area contributed by atoms with E-state index in [4.69, 9.17) is 9.47 Å². The summed E-state index contributed by atoms with van der Waals surface area (Å²) in [6, 6.07) is 7.26. The van der Waals surface area contributed by atoms with Gasteiger partial charge in [-0.25, -0.2) is 19.9 Å². The molecular weight excluding hydrogens is 723 g/mol. The van der Waals surface area contributed by atoms with Crippen LogP contribution in [0, 0.1) is 0 Å². The Balaban J connectivity index is 0.000000316. The third-order valence-electron chi connectivity index (χ3n) is 5.88. The largest absolute Gasteiger partial charge is 0.497 e. The fourth-order valence-electron chi connectivity index (χ4n) is 3.68. The van der Waals surface area contributed by atoms with Gasteiger partial charge < -0.3 is 27.7 Å². The third kappa shape index (κ3) is 9.18. The number of nitrogens with zero attached hydrogens (tertiary/aromatic N) is 10. The topological polar surface area (TPSA) is 116 Å². The number of pyridine rings is 2. The van der Waals surface area contributed by atoms with Gasteiger partial charge in [-0.3, -0.25) is 9.97 Å². The van der Waals surface area contributed by atoms with Crippen molar-refractivity contribution in [1.82, 2.24) is 48.2 Å². The molecule has 0 atom stereocenters. The molecule has 0 aliphatic rings. The predicted octanol–water partition coefficient (Wildman–Crippen LogP) is 5.07. The molecule has 12 nitrogen and oxygen atoms in total. The molecule has 0 fully saturated rings. The van der Waals surface area contributed by atoms with Gasteiger partial charge >= 0.3 is 0 Å². The predicted molar refractivity (Wildman–Crippen MR) is 165 cm³/mol. The second kappa shape index (κ2) is 17.4. The van der Waals surface area contributed by atoms with Crippen molar-refractivity contribution in [1.29, 1.82) is 0 Å². The molecular formula is C30H40N10O2Os. The van der Waals surface area contributed by atoms with Gasteiger partial charge in [0, 0.05) is 122 Å². The van der Waals surface area contributed by atoms with E-state index < -0.39 is 0 Å². The molecule has 0 radical (unpaired) electrons. The Morgan fingerprint density at radius 2 is 0.744 bits per heavy atom. The molecule has 0 saturated carbocycles. The molecule has 0 N–H and O–H groups in total. The van der Waals surface area contributed by atoms with Crippen molar-refractivity contribution in [2.45, 2.75) is 14.9 Å². The minimum absolute atomic E-state index is 0. The smallest absolute Gasteiger partial charge is 0.176 e. The van der Waals surface area contributed by atoms with E-state index in [1.165, 1.54) is 0 Å². The van der Waals surface area contributed by atoms with E-state index in [1.54, 1.807) is 63.5 Å². The van der Waals surface area contributed by atoms with E-state index in [1.807, 2.05) is 83.4 Å². The average Bonchev–Trinajstić information content (AvgIpc) is 3.79. The van der Waals surface area contributed by atoms with Crippen LogP contribution in [0.5, 0.6) is 11.5 Å². The summed E-state index contributed by atoms with van der Waals surface area (Å²) in [5, 5.41) is 0. The summed E-state index contributed by atoms with van der Waals surface area (Å²) >= 11 is 0. The van der Waals surface area contributed by atoms with E-state index in [2.05, 4.69) is 29.9 Å². The van der Waals surface area contributed by atoms with Gasteiger partial charge in [0.05, 0.1) is 25.6 Å². The zero-order valence-electron chi connectivity index (χ0n) is 23.7. The fraction of sp³-hybridized carbons (Fsp3) is 0.267. The van der Waals surface area contributed by atoms with Crippen LogP contribution in [0.2, 0.25) is 0 Å². The van der Waals surface area contributed by atoms with Crippen LogP contribution in [0.15, 0.2) is 86.2 Å². The van der Waals surface area contributed by atoms with Crippen LogP contribution in [0.4, 0.5) is 0 Å². The monoisotopic (exact) mass is 764 g/mol. The standard InChI is InChI=1S/C12H12N2O2.2C8H10N4.2CH4.Os/c1-15-9-3-5-13-11(7-9)12-8-10(16-2)4-6-14-12;2*1-11-5-3-9-7(11)8-10-4-6-12(8)2;;;/h3-8H,1-2H3;2*3-6H,1-2H3;2*1H4;. The first-order valence-electron chi connectivity index (χ1n) is 12.3. The van der Waals surface area contributed by atoms with E-state index >= 15 is 0 Å². The van der Waals surface area contributed by atoms with Crippen LogP contribution in [0.1, 0.15) is 14.9 Å². The van der Waals surface area contributed by atoms with Crippen LogP contribution in [0.25, 0.3) is 34.7 Å². The van der Waals surface area contributed by atoms with Crippen molar-refractivity contribution < 1.29 is 29.3 Å². The van der Waals surface area contributed by atoms with Gasteiger partial charge in [-0.2, -0.15) is 0 Å².